The molecule has 1 heterocycles. The molecule has 0 aromatic heterocycles. The van der Waals surface area contributed by atoms with Crippen molar-refractivity contribution in [2.45, 2.75) is 32.2 Å². The number of piperidine rings is 1. The van der Waals surface area contributed by atoms with Crippen LogP contribution in [0.3, 0.4) is 0 Å². The Balaban J connectivity index is 2.05. The summed E-state index contributed by atoms with van der Waals surface area (Å²) >= 11 is 6.05. The summed E-state index contributed by atoms with van der Waals surface area (Å²) in [7, 11) is 0. The third-order valence-corrected chi connectivity index (χ3v) is 4.17. The highest BCUT2D eigenvalue weighted by Crippen LogP contribution is 2.30. The highest BCUT2D eigenvalue weighted by Gasteiger charge is 2.28. The predicted molar refractivity (Wildman–Crippen MR) is 76.4 cm³/mol. The fourth-order valence-corrected chi connectivity index (χ4v) is 3.08. The molecule has 0 bridgehead atoms. The molecule has 1 atom stereocenters. The SMILES string of the molecule is CCC(c1cccc(Cl)c1)N1CCC(C(=O)O)CC1. The summed E-state index contributed by atoms with van der Waals surface area (Å²) in [6, 6.07) is 8.31. The average molecular weight is 282 g/mol. The van der Waals surface area contributed by atoms with Gasteiger partial charge in [-0.25, -0.2) is 0 Å². The van der Waals surface area contributed by atoms with Crippen LogP contribution in [0, 0.1) is 5.92 Å². The van der Waals surface area contributed by atoms with Gasteiger partial charge >= 0.3 is 5.97 Å². The van der Waals surface area contributed by atoms with Crippen LogP contribution in [-0.2, 0) is 4.79 Å². The minimum absolute atomic E-state index is 0.173. The quantitative estimate of drug-likeness (QED) is 0.917. The van der Waals surface area contributed by atoms with Gasteiger partial charge in [-0.1, -0.05) is 30.7 Å². The van der Waals surface area contributed by atoms with Gasteiger partial charge in [-0.2, -0.15) is 0 Å². The summed E-state index contributed by atoms with van der Waals surface area (Å²) in [5.41, 5.74) is 1.23. The molecule has 0 saturated carbocycles. The molecular weight excluding hydrogens is 262 g/mol. The fourth-order valence-electron chi connectivity index (χ4n) is 2.88. The smallest absolute Gasteiger partial charge is 0.306 e. The van der Waals surface area contributed by atoms with E-state index in [1.54, 1.807) is 0 Å². The second kappa shape index (κ2) is 6.40. The number of aliphatic carboxylic acids is 1. The minimum Gasteiger partial charge on any atom is -0.481 e. The topological polar surface area (TPSA) is 40.5 Å². The third-order valence-electron chi connectivity index (χ3n) is 3.94. The minimum atomic E-state index is -0.657. The predicted octanol–water partition coefficient (Wildman–Crippen LogP) is 3.59. The maximum Gasteiger partial charge on any atom is 0.306 e. The van der Waals surface area contributed by atoms with Crippen LogP contribution in [0.1, 0.15) is 37.8 Å². The van der Waals surface area contributed by atoms with Gasteiger partial charge in [-0.15, -0.1) is 0 Å². The molecule has 1 aliphatic heterocycles. The maximum absolute atomic E-state index is 11.0. The van der Waals surface area contributed by atoms with Crippen molar-refractivity contribution in [3.8, 4) is 0 Å². The average Bonchev–Trinajstić information content (AvgIpc) is 2.40. The molecule has 2 rings (SSSR count). The summed E-state index contributed by atoms with van der Waals surface area (Å²) in [6.07, 6.45) is 2.50. The molecule has 19 heavy (non-hydrogen) atoms. The Morgan fingerprint density at radius 1 is 1.47 bits per heavy atom. The van der Waals surface area contributed by atoms with Gasteiger partial charge in [0.1, 0.15) is 0 Å². The van der Waals surface area contributed by atoms with Crippen molar-refractivity contribution in [1.82, 2.24) is 4.90 Å². The van der Waals surface area contributed by atoms with Crippen molar-refractivity contribution < 1.29 is 9.90 Å². The van der Waals surface area contributed by atoms with Crippen LogP contribution < -0.4 is 0 Å². The van der Waals surface area contributed by atoms with Crippen molar-refractivity contribution in [1.29, 1.82) is 0 Å². The van der Waals surface area contributed by atoms with Gasteiger partial charge in [0.25, 0.3) is 0 Å². The van der Waals surface area contributed by atoms with Gasteiger partial charge in [0.15, 0.2) is 0 Å². The van der Waals surface area contributed by atoms with Gasteiger partial charge in [0.05, 0.1) is 5.92 Å². The number of likely N-dealkylation sites (tertiary alicyclic amines) is 1. The molecule has 104 valence electrons. The van der Waals surface area contributed by atoms with Crippen molar-refractivity contribution in [3.05, 3.63) is 34.9 Å². The van der Waals surface area contributed by atoms with E-state index >= 15 is 0 Å². The largest absolute Gasteiger partial charge is 0.481 e. The normalized spacial score (nSPS) is 19.3. The fraction of sp³-hybridized carbons (Fsp3) is 0.533. The first-order chi connectivity index (χ1) is 9.11. The van der Waals surface area contributed by atoms with E-state index in [4.69, 9.17) is 16.7 Å². The number of hydrogen-bond acceptors (Lipinski definition) is 2. The zero-order chi connectivity index (χ0) is 13.8. The standard InChI is InChI=1S/C15H20ClNO2/c1-2-14(12-4-3-5-13(16)10-12)17-8-6-11(7-9-17)15(18)19/h3-5,10-11,14H,2,6-9H2,1H3,(H,18,19). The lowest BCUT2D eigenvalue weighted by molar-refractivity contribution is -0.143. The van der Waals surface area contributed by atoms with Crippen LogP contribution in [0.25, 0.3) is 0 Å². The van der Waals surface area contributed by atoms with Gasteiger partial charge in [0, 0.05) is 11.1 Å². The lowest BCUT2D eigenvalue weighted by atomic mass is 9.93. The summed E-state index contributed by atoms with van der Waals surface area (Å²) < 4.78 is 0. The van der Waals surface area contributed by atoms with Crippen molar-refractivity contribution >= 4 is 17.6 Å². The maximum atomic E-state index is 11.0. The van der Waals surface area contributed by atoms with Crippen molar-refractivity contribution in [3.63, 3.8) is 0 Å². The Bertz CT molecular complexity index is 442. The summed E-state index contributed by atoms with van der Waals surface area (Å²) in [5.74, 6) is -0.830. The Labute approximate surface area is 119 Å². The lowest BCUT2D eigenvalue weighted by Gasteiger charge is -2.36. The van der Waals surface area contributed by atoms with E-state index in [1.165, 1.54) is 5.56 Å². The molecule has 0 spiro atoms. The summed E-state index contributed by atoms with van der Waals surface area (Å²) in [4.78, 5) is 13.4. The molecule has 1 saturated heterocycles. The first kappa shape index (κ1) is 14.4. The van der Waals surface area contributed by atoms with Crippen molar-refractivity contribution in [2.75, 3.05) is 13.1 Å². The Morgan fingerprint density at radius 3 is 2.68 bits per heavy atom. The summed E-state index contributed by atoms with van der Waals surface area (Å²) in [6.45, 7) is 3.86. The summed E-state index contributed by atoms with van der Waals surface area (Å²) in [5, 5.41) is 9.80. The molecule has 1 aliphatic rings. The van der Waals surface area contributed by atoms with E-state index in [0.29, 0.717) is 6.04 Å². The molecule has 1 unspecified atom stereocenters. The van der Waals surface area contributed by atoms with Crippen LogP contribution in [0.15, 0.2) is 24.3 Å². The molecule has 1 aromatic rings. The first-order valence-corrected chi connectivity index (χ1v) is 7.22. The molecule has 0 amide bonds. The van der Waals surface area contributed by atoms with Crippen LogP contribution in [0.4, 0.5) is 0 Å². The molecule has 3 nitrogen and oxygen atoms in total. The first-order valence-electron chi connectivity index (χ1n) is 6.84. The van der Waals surface area contributed by atoms with Crippen LogP contribution in [-0.4, -0.2) is 29.1 Å². The molecule has 4 heteroatoms. The Hall–Kier alpha value is -1.06. The zero-order valence-corrected chi connectivity index (χ0v) is 11.9. The van der Waals surface area contributed by atoms with Crippen LogP contribution in [0.2, 0.25) is 5.02 Å². The monoisotopic (exact) mass is 281 g/mol. The van der Waals surface area contributed by atoms with E-state index in [1.807, 2.05) is 18.2 Å². The Kier molecular flexibility index (Phi) is 4.83. The highest BCUT2D eigenvalue weighted by molar-refractivity contribution is 6.30. The van der Waals surface area contributed by atoms with Crippen LogP contribution >= 0.6 is 11.6 Å². The highest BCUT2D eigenvalue weighted by atomic mass is 35.5. The van der Waals surface area contributed by atoms with Gasteiger partial charge in [-0.05, 0) is 50.0 Å². The molecule has 0 aliphatic carbocycles. The van der Waals surface area contributed by atoms with E-state index in [9.17, 15) is 4.79 Å². The number of carbonyl (C=O) groups is 1. The Morgan fingerprint density at radius 2 is 2.16 bits per heavy atom. The molecule has 1 fully saturated rings. The molecular formula is C15H20ClNO2. The zero-order valence-electron chi connectivity index (χ0n) is 11.2. The van der Waals surface area contributed by atoms with Gasteiger partial charge in [0.2, 0.25) is 0 Å². The number of halogens is 1. The number of carboxylic acids is 1. The van der Waals surface area contributed by atoms with E-state index in [2.05, 4.69) is 17.9 Å². The number of hydrogen-bond donors (Lipinski definition) is 1. The van der Waals surface area contributed by atoms with E-state index in [-0.39, 0.29) is 5.92 Å². The van der Waals surface area contributed by atoms with Gasteiger partial charge in [-0.3, -0.25) is 9.69 Å². The second-order valence-corrected chi connectivity index (χ2v) is 5.56. The van der Waals surface area contributed by atoms with Gasteiger partial charge < -0.3 is 5.11 Å². The van der Waals surface area contributed by atoms with E-state index < -0.39 is 5.97 Å². The van der Waals surface area contributed by atoms with Crippen molar-refractivity contribution in [2.24, 2.45) is 5.92 Å². The molecule has 1 aromatic carbocycles. The molecule has 0 radical (unpaired) electrons. The molecule has 1 N–H and O–H groups in total. The number of carboxylic acid groups (broad SMARTS) is 1. The van der Waals surface area contributed by atoms with Crippen LogP contribution in [0.5, 0.6) is 0 Å². The third kappa shape index (κ3) is 3.48. The number of benzene rings is 1. The number of nitrogens with zero attached hydrogens (tertiary/aromatic N) is 1. The second-order valence-electron chi connectivity index (χ2n) is 5.13. The number of rotatable bonds is 4. The van der Waals surface area contributed by atoms with E-state index in [0.717, 1.165) is 37.4 Å². The lowest BCUT2D eigenvalue weighted by Crippen LogP contribution is -2.38.